The lowest BCUT2D eigenvalue weighted by atomic mass is 9.92. The SMILES string of the molecule is COc1cc2c(cc1Cl)C1CCC2C1. The van der Waals surface area contributed by atoms with Crippen LogP contribution in [0.3, 0.4) is 0 Å². The predicted molar refractivity (Wildman–Crippen MR) is 57.3 cm³/mol. The summed E-state index contributed by atoms with van der Waals surface area (Å²) in [5.41, 5.74) is 2.97. The van der Waals surface area contributed by atoms with Gasteiger partial charge < -0.3 is 4.74 Å². The van der Waals surface area contributed by atoms with Crippen LogP contribution in [0.5, 0.6) is 5.75 Å². The van der Waals surface area contributed by atoms with E-state index in [1.165, 1.54) is 30.4 Å². The predicted octanol–water partition coefficient (Wildman–Crippen LogP) is 3.71. The Kier molecular flexibility index (Phi) is 1.78. The van der Waals surface area contributed by atoms with Gasteiger partial charge in [0.15, 0.2) is 0 Å². The van der Waals surface area contributed by atoms with E-state index >= 15 is 0 Å². The molecule has 1 fully saturated rings. The van der Waals surface area contributed by atoms with E-state index in [4.69, 9.17) is 16.3 Å². The second kappa shape index (κ2) is 2.90. The molecule has 1 aromatic rings. The molecule has 3 rings (SSSR count). The minimum atomic E-state index is 0.763. The van der Waals surface area contributed by atoms with E-state index in [1.807, 2.05) is 0 Å². The highest BCUT2D eigenvalue weighted by atomic mass is 35.5. The molecular formula is C12H13ClO. The zero-order valence-electron chi connectivity index (χ0n) is 8.22. The third-order valence-corrected chi connectivity index (χ3v) is 3.97. The van der Waals surface area contributed by atoms with Gasteiger partial charge in [0, 0.05) is 0 Å². The second-order valence-electron chi connectivity index (χ2n) is 4.32. The van der Waals surface area contributed by atoms with Gasteiger partial charge in [-0.1, -0.05) is 11.6 Å². The van der Waals surface area contributed by atoms with E-state index in [1.54, 1.807) is 7.11 Å². The topological polar surface area (TPSA) is 9.23 Å². The Morgan fingerprint density at radius 3 is 2.50 bits per heavy atom. The molecule has 1 nitrogen and oxygen atoms in total. The van der Waals surface area contributed by atoms with Crippen LogP contribution in [0.1, 0.15) is 42.2 Å². The van der Waals surface area contributed by atoms with E-state index in [0.29, 0.717) is 0 Å². The summed E-state index contributed by atoms with van der Waals surface area (Å²) in [6.07, 6.45) is 4.03. The Labute approximate surface area is 89.0 Å². The molecule has 0 spiro atoms. The number of rotatable bonds is 1. The maximum Gasteiger partial charge on any atom is 0.137 e. The lowest BCUT2D eigenvalue weighted by Gasteiger charge is -2.16. The van der Waals surface area contributed by atoms with Gasteiger partial charge in [0.2, 0.25) is 0 Å². The Morgan fingerprint density at radius 2 is 1.86 bits per heavy atom. The highest BCUT2D eigenvalue weighted by Gasteiger charge is 2.37. The van der Waals surface area contributed by atoms with Gasteiger partial charge in [-0.15, -0.1) is 0 Å². The summed E-state index contributed by atoms with van der Waals surface area (Å²) in [6, 6.07) is 4.25. The van der Waals surface area contributed by atoms with Crippen LogP contribution in [-0.4, -0.2) is 7.11 Å². The average molecular weight is 209 g/mol. The number of hydrogen-bond acceptors (Lipinski definition) is 1. The lowest BCUT2D eigenvalue weighted by molar-refractivity contribution is 0.414. The van der Waals surface area contributed by atoms with Crippen LogP contribution in [0.2, 0.25) is 5.02 Å². The fourth-order valence-electron chi connectivity index (χ4n) is 2.99. The first kappa shape index (κ1) is 8.60. The summed E-state index contributed by atoms with van der Waals surface area (Å²) in [4.78, 5) is 0. The molecule has 0 aliphatic heterocycles. The molecular weight excluding hydrogens is 196 g/mol. The molecule has 74 valence electrons. The zero-order chi connectivity index (χ0) is 9.71. The van der Waals surface area contributed by atoms with Gasteiger partial charge in [0.05, 0.1) is 12.1 Å². The fraction of sp³-hybridized carbons (Fsp3) is 0.500. The lowest BCUT2D eigenvalue weighted by Crippen LogP contribution is -1.98. The Hall–Kier alpha value is -0.690. The van der Waals surface area contributed by atoms with Crippen molar-refractivity contribution in [3.8, 4) is 5.75 Å². The number of ether oxygens (including phenoxy) is 1. The second-order valence-corrected chi connectivity index (χ2v) is 4.73. The molecule has 14 heavy (non-hydrogen) atoms. The molecule has 0 heterocycles. The molecule has 0 saturated heterocycles. The van der Waals surface area contributed by atoms with Gasteiger partial charge in [-0.3, -0.25) is 0 Å². The summed E-state index contributed by atoms with van der Waals surface area (Å²) in [5.74, 6) is 2.39. The van der Waals surface area contributed by atoms with Gasteiger partial charge in [-0.05, 0) is 54.4 Å². The van der Waals surface area contributed by atoms with Crippen molar-refractivity contribution in [3.63, 3.8) is 0 Å². The smallest absolute Gasteiger partial charge is 0.137 e. The minimum absolute atomic E-state index is 0.763. The van der Waals surface area contributed by atoms with Crippen molar-refractivity contribution < 1.29 is 4.74 Å². The summed E-state index contributed by atoms with van der Waals surface area (Å²) in [6.45, 7) is 0. The minimum Gasteiger partial charge on any atom is -0.495 e. The normalized spacial score (nSPS) is 27.9. The molecule has 2 aliphatic carbocycles. The van der Waals surface area contributed by atoms with Crippen molar-refractivity contribution in [1.29, 1.82) is 0 Å². The van der Waals surface area contributed by atoms with Gasteiger partial charge in [-0.2, -0.15) is 0 Å². The third-order valence-electron chi connectivity index (χ3n) is 3.67. The largest absolute Gasteiger partial charge is 0.495 e. The number of fused-ring (bicyclic) bond motifs is 5. The van der Waals surface area contributed by atoms with Gasteiger partial charge in [0.25, 0.3) is 0 Å². The number of hydrogen-bond donors (Lipinski definition) is 0. The number of halogens is 1. The average Bonchev–Trinajstić information content (AvgIpc) is 2.77. The first-order valence-electron chi connectivity index (χ1n) is 5.17. The standard InChI is InChI=1S/C12H13ClO/c1-14-12-6-10-8-3-2-7(4-8)9(10)5-11(12)13/h5-8H,2-4H2,1H3. The van der Waals surface area contributed by atoms with Crippen molar-refractivity contribution in [2.24, 2.45) is 0 Å². The summed E-state index contributed by atoms with van der Waals surface area (Å²) < 4.78 is 5.25. The van der Waals surface area contributed by atoms with Crippen LogP contribution in [0.4, 0.5) is 0 Å². The Morgan fingerprint density at radius 1 is 1.21 bits per heavy atom. The van der Waals surface area contributed by atoms with Gasteiger partial charge in [-0.25, -0.2) is 0 Å². The van der Waals surface area contributed by atoms with Crippen molar-refractivity contribution >= 4 is 11.6 Å². The summed E-state index contributed by atoms with van der Waals surface area (Å²) >= 11 is 6.12. The van der Waals surface area contributed by atoms with Crippen LogP contribution in [0.25, 0.3) is 0 Å². The number of benzene rings is 1. The first-order valence-corrected chi connectivity index (χ1v) is 5.54. The molecule has 1 saturated carbocycles. The van der Waals surface area contributed by atoms with E-state index in [0.717, 1.165) is 22.6 Å². The van der Waals surface area contributed by atoms with Crippen LogP contribution in [0.15, 0.2) is 12.1 Å². The fourth-order valence-corrected chi connectivity index (χ4v) is 3.24. The maximum atomic E-state index is 6.12. The molecule has 0 radical (unpaired) electrons. The van der Waals surface area contributed by atoms with E-state index in [2.05, 4.69) is 12.1 Å². The molecule has 2 bridgehead atoms. The van der Waals surface area contributed by atoms with Crippen molar-refractivity contribution in [2.45, 2.75) is 31.1 Å². The molecule has 2 aliphatic rings. The molecule has 0 aromatic heterocycles. The zero-order valence-corrected chi connectivity index (χ0v) is 8.97. The van der Waals surface area contributed by atoms with E-state index in [9.17, 15) is 0 Å². The van der Waals surface area contributed by atoms with Gasteiger partial charge >= 0.3 is 0 Å². The quantitative estimate of drug-likeness (QED) is 0.684. The third kappa shape index (κ3) is 1.02. The van der Waals surface area contributed by atoms with Gasteiger partial charge in [0.1, 0.15) is 5.75 Å². The molecule has 1 aromatic carbocycles. The Balaban J connectivity index is 2.16. The highest BCUT2D eigenvalue weighted by Crippen LogP contribution is 2.54. The van der Waals surface area contributed by atoms with E-state index < -0.39 is 0 Å². The monoisotopic (exact) mass is 208 g/mol. The maximum absolute atomic E-state index is 6.12. The van der Waals surface area contributed by atoms with E-state index in [-0.39, 0.29) is 0 Å². The van der Waals surface area contributed by atoms with Crippen LogP contribution >= 0.6 is 11.6 Å². The molecule has 0 amide bonds. The number of methoxy groups -OCH3 is 1. The highest BCUT2D eigenvalue weighted by molar-refractivity contribution is 6.32. The molecule has 2 heteroatoms. The Bertz CT molecular complexity index is 386. The first-order chi connectivity index (χ1) is 6.79. The van der Waals surface area contributed by atoms with Crippen LogP contribution in [-0.2, 0) is 0 Å². The molecule has 2 unspecified atom stereocenters. The summed E-state index contributed by atoms with van der Waals surface area (Å²) in [7, 11) is 1.68. The summed E-state index contributed by atoms with van der Waals surface area (Å²) in [5, 5.41) is 0.763. The van der Waals surface area contributed by atoms with Crippen molar-refractivity contribution in [1.82, 2.24) is 0 Å². The van der Waals surface area contributed by atoms with Crippen molar-refractivity contribution in [3.05, 3.63) is 28.3 Å². The van der Waals surface area contributed by atoms with Crippen LogP contribution in [0, 0.1) is 0 Å². The molecule has 0 N–H and O–H groups in total. The van der Waals surface area contributed by atoms with Crippen LogP contribution < -0.4 is 4.74 Å². The molecule has 2 atom stereocenters. The van der Waals surface area contributed by atoms with Crippen molar-refractivity contribution in [2.75, 3.05) is 7.11 Å².